The molecule has 0 aliphatic carbocycles. The summed E-state index contributed by atoms with van der Waals surface area (Å²) in [4.78, 5) is 12.8. The van der Waals surface area contributed by atoms with Crippen LogP contribution < -0.4 is 4.90 Å². The molecule has 0 heterocycles. The second-order valence-electron chi connectivity index (χ2n) is 4.24. The van der Waals surface area contributed by atoms with E-state index >= 15 is 0 Å². The minimum Gasteiger partial charge on any atom is -0.368 e. The summed E-state index contributed by atoms with van der Waals surface area (Å²) in [7, 11) is 1.78. The van der Waals surface area contributed by atoms with Crippen molar-refractivity contribution in [2.75, 3.05) is 11.9 Å². The SMILES string of the molecule is CN(Cc1ccccc1F)c1c(Cl)cccc1C=O. The summed E-state index contributed by atoms with van der Waals surface area (Å²) in [6.07, 6.45) is 0.749. The van der Waals surface area contributed by atoms with Crippen LogP contribution in [-0.4, -0.2) is 13.3 Å². The zero-order chi connectivity index (χ0) is 13.8. The van der Waals surface area contributed by atoms with Gasteiger partial charge in [-0.2, -0.15) is 0 Å². The van der Waals surface area contributed by atoms with Gasteiger partial charge in [0.05, 0.1) is 10.7 Å². The number of halogens is 2. The maximum atomic E-state index is 13.6. The molecule has 2 aromatic rings. The Bertz CT molecular complexity index is 600. The highest BCUT2D eigenvalue weighted by Gasteiger charge is 2.13. The van der Waals surface area contributed by atoms with Crippen LogP contribution in [0.2, 0.25) is 5.02 Å². The predicted molar refractivity (Wildman–Crippen MR) is 75.3 cm³/mol. The molecule has 0 N–H and O–H groups in total. The molecule has 2 nitrogen and oxygen atoms in total. The molecule has 0 aromatic heterocycles. The van der Waals surface area contributed by atoms with Gasteiger partial charge in [0.15, 0.2) is 6.29 Å². The highest BCUT2D eigenvalue weighted by atomic mass is 35.5. The van der Waals surface area contributed by atoms with Gasteiger partial charge >= 0.3 is 0 Å². The molecule has 19 heavy (non-hydrogen) atoms. The fourth-order valence-electron chi connectivity index (χ4n) is 1.99. The minimum atomic E-state index is -0.269. The van der Waals surface area contributed by atoms with Gasteiger partial charge in [0.25, 0.3) is 0 Å². The van der Waals surface area contributed by atoms with Crippen molar-refractivity contribution in [3.63, 3.8) is 0 Å². The van der Waals surface area contributed by atoms with Gasteiger partial charge in [-0.15, -0.1) is 0 Å². The lowest BCUT2D eigenvalue weighted by Gasteiger charge is -2.22. The Morgan fingerprint density at radius 3 is 2.63 bits per heavy atom. The van der Waals surface area contributed by atoms with Gasteiger partial charge in [-0.1, -0.05) is 35.9 Å². The van der Waals surface area contributed by atoms with E-state index in [1.165, 1.54) is 6.07 Å². The van der Waals surface area contributed by atoms with Crippen molar-refractivity contribution < 1.29 is 9.18 Å². The summed E-state index contributed by atoms with van der Waals surface area (Å²) in [6, 6.07) is 11.7. The number of para-hydroxylation sites is 1. The summed E-state index contributed by atoms with van der Waals surface area (Å²) < 4.78 is 13.6. The van der Waals surface area contributed by atoms with E-state index in [1.54, 1.807) is 48.3 Å². The standard InChI is InChI=1S/C15H13ClFNO/c1-18(9-11-5-2-3-8-14(11)17)15-12(10-19)6-4-7-13(15)16/h2-8,10H,9H2,1H3. The lowest BCUT2D eigenvalue weighted by Crippen LogP contribution is -2.19. The Kier molecular flexibility index (Phi) is 4.17. The molecule has 0 unspecified atom stereocenters. The Morgan fingerprint density at radius 1 is 1.21 bits per heavy atom. The van der Waals surface area contributed by atoms with E-state index in [0.29, 0.717) is 28.4 Å². The maximum Gasteiger partial charge on any atom is 0.152 e. The van der Waals surface area contributed by atoms with E-state index < -0.39 is 0 Å². The third kappa shape index (κ3) is 2.93. The van der Waals surface area contributed by atoms with Crippen LogP contribution in [0.4, 0.5) is 10.1 Å². The normalized spacial score (nSPS) is 10.3. The number of rotatable bonds is 4. The molecule has 0 spiro atoms. The van der Waals surface area contributed by atoms with E-state index in [-0.39, 0.29) is 5.82 Å². The lowest BCUT2D eigenvalue weighted by atomic mass is 10.1. The molecule has 0 fully saturated rings. The van der Waals surface area contributed by atoms with Crippen molar-refractivity contribution in [1.82, 2.24) is 0 Å². The van der Waals surface area contributed by atoms with Gasteiger partial charge in [0.1, 0.15) is 5.82 Å². The molecule has 0 amide bonds. The molecular formula is C15H13ClFNO. The summed E-state index contributed by atoms with van der Waals surface area (Å²) in [6.45, 7) is 0.344. The van der Waals surface area contributed by atoms with Crippen LogP contribution in [-0.2, 0) is 6.54 Å². The molecule has 2 rings (SSSR count). The monoisotopic (exact) mass is 277 g/mol. The summed E-state index contributed by atoms with van der Waals surface area (Å²) in [5.41, 5.74) is 1.66. The summed E-state index contributed by atoms with van der Waals surface area (Å²) in [5.74, 6) is -0.269. The molecule has 4 heteroatoms. The number of anilines is 1. The molecule has 2 aromatic carbocycles. The maximum absolute atomic E-state index is 13.6. The van der Waals surface area contributed by atoms with E-state index in [2.05, 4.69) is 0 Å². The number of aldehydes is 1. The van der Waals surface area contributed by atoms with Gasteiger partial charge in [0, 0.05) is 24.7 Å². The first kappa shape index (κ1) is 13.6. The lowest BCUT2D eigenvalue weighted by molar-refractivity contribution is 0.112. The average molecular weight is 278 g/mol. The molecule has 0 aliphatic heterocycles. The number of nitrogens with zero attached hydrogens (tertiary/aromatic N) is 1. The number of hydrogen-bond donors (Lipinski definition) is 0. The molecule has 98 valence electrons. The van der Waals surface area contributed by atoms with E-state index in [9.17, 15) is 9.18 Å². The molecular weight excluding hydrogens is 265 g/mol. The number of carbonyl (C=O) groups excluding carboxylic acids is 1. The van der Waals surface area contributed by atoms with Crippen molar-refractivity contribution in [3.8, 4) is 0 Å². The third-order valence-corrected chi connectivity index (χ3v) is 3.20. The van der Waals surface area contributed by atoms with Gasteiger partial charge in [-0.3, -0.25) is 4.79 Å². The summed E-state index contributed by atoms with van der Waals surface area (Å²) in [5, 5.41) is 0.475. The van der Waals surface area contributed by atoms with Crippen molar-refractivity contribution >= 4 is 23.6 Å². The van der Waals surface area contributed by atoms with Crippen molar-refractivity contribution in [1.29, 1.82) is 0 Å². The van der Waals surface area contributed by atoms with Crippen LogP contribution in [0.5, 0.6) is 0 Å². The van der Waals surface area contributed by atoms with Gasteiger partial charge in [-0.05, 0) is 18.2 Å². The molecule has 0 aliphatic rings. The number of hydrogen-bond acceptors (Lipinski definition) is 2. The largest absolute Gasteiger partial charge is 0.368 e. The highest BCUT2D eigenvalue weighted by Crippen LogP contribution is 2.29. The van der Waals surface area contributed by atoms with Crippen LogP contribution in [0.25, 0.3) is 0 Å². The zero-order valence-corrected chi connectivity index (χ0v) is 11.2. The van der Waals surface area contributed by atoms with Crippen LogP contribution in [0.1, 0.15) is 15.9 Å². The van der Waals surface area contributed by atoms with Gasteiger partial charge < -0.3 is 4.90 Å². The molecule has 0 atom stereocenters. The van der Waals surface area contributed by atoms with E-state index in [1.807, 2.05) is 0 Å². The quantitative estimate of drug-likeness (QED) is 0.789. The van der Waals surface area contributed by atoms with Crippen molar-refractivity contribution in [3.05, 3.63) is 64.4 Å². The fraction of sp³-hybridized carbons (Fsp3) is 0.133. The number of benzene rings is 2. The second kappa shape index (κ2) is 5.85. The molecule has 0 radical (unpaired) electrons. The van der Waals surface area contributed by atoms with Gasteiger partial charge in [0.2, 0.25) is 0 Å². The van der Waals surface area contributed by atoms with Crippen molar-refractivity contribution in [2.24, 2.45) is 0 Å². The Hall–Kier alpha value is -1.87. The second-order valence-corrected chi connectivity index (χ2v) is 4.65. The zero-order valence-electron chi connectivity index (χ0n) is 10.4. The first-order chi connectivity index (χ1) is 9.13. The van der Waals surface area contributed by atoms with Gasteiger partial charge in [-0.25, -0.2) is 4.39 Å². The fourth-order valence-corrected chi connectivity index (χ4v) is 2.32. The summed E-state index contributed by atoms with van der Waals surface area (Å²) >= 11 is 6.11. The van der Waals surface area contributed by atoms with E-state index in [0.717, 1.165) is 6.29 Å². The molecule has 0 bridgehead atoms. The average Bonchev–Trinajstić information content (AvgIpc) is 2.40. The Morgan fingerprint density at radius 2 is 1.95 bits per heavy atom. The molecule has 0 saturated carbocycles. The van der Waals surface area contributed by atoms with Crippen LogP contribution >= 0.6 is 11.6 Å². The third-order valence-electron chi connectivity index (χ3n) is 2.89. The molecule has 0 saturated heterocycles. The highest BCUT2D eigenvalue weighted by molar-refractivity contribution is 6.33. The Balaban J connectivity index is 2.33. The number of carbonyl (C=O) groups is 1. The van der Waals surface area contributed by atoms with E-state index in [4.69, 9.17) is 11.6 Å². The first-order valence-electron chi connectivity index (χ1n) is 5.81. The smallest absolute Gasteiger partial charge is 0.152 e. The first-order valence-corrected chi connectivity index (χ1v) is 6.19. The predicted octanol–water partition coefficient (Wildman–Crippen LogP) is 3.93. The topological polar surface area (TPSA) is 20.3 Å². The van der Waals surface area contributed by atoms with Crippen LogP contribution in [0, 0.1) is 5.82 Å². The van der Waals surface area contributed by atoms with Crippen LogP contribution in [0.3, 0.4) is 0 Å². The Labute approximate surface area is 116 Å². The van der Waals surface area contributed by atoms with Crippen LogP contribution in [0.15, 0.2) is 42.5 Å². The van der Waals surface area contributed by atoms with Crippen molar-refractivity contribution in [2.45, 2.75) is 6.54 Å². The minimum absolute atomic E-state index is 0.269.